The third-order valence-corrected chi connectivity index (χ3v) is 3.71. The number of rotatable bonds is 2. The number of H-pyrrole nitrogens is 1. The van der Waals surface area contributed by atoms with Gasteiger partial charge in [0.15, 0.2) is 0 Å². The average molecular weight is 330 g/mol. The van der Waals surface area contributed by atoms with Crippen molar-refractivity contribution in [1.29, 1.82) is 0 Å². The summed E-state index contributed by atoms with van der Waals surface area (Å²) in [4.78, 5) is 15.4. The molecule has 3 nitrogen and oxygen atoms in total. The van der Waals surface area contributed by atoms with Gasteiger partial charge in [-0.15, -0.1) is 0 Å². The standard InChI is InChI=1S/C16H12BrNO2/c1-20-16(19)14-12-9-11(17)7-8-13(12)18-15(14)10-5-3-2-4-6-10/h2-9,18H,1H3. The Bertz CT molecular complexity index is 778. The largest absolute Gasteiger partial charge is 0.465 e. The maximum absolute atomic E-state index is 12.1. The van der Waals surface area contributed by atoms with Crippen LogP contribution in [-0.4, -0.2) is 18.1 Å². The molecule has 0 fully saturated rings. The van der Waals surface area contributed by atoms with Gasteiger partial charge in [-0.25, -0.2) is 4.79 Å². The SMILES string of the molecule is COC(=O)c1c(-c2ccccc2)[nH]c2ccc(Br)cc12. The number of carbonyl (C=O) groups excluding carboxylic acids is 1. The number of hydrogen-bond acceptors (Lipinski definition) is 2. The summed E-state index contributed by atoms with van der Waals surface area (Å²) in [5, 5.41) is 0.852. The number of aromatic nitrogens is 1. The van der Waals surface area contributed by atoms with Crippen molar-refractivity contribution in [3.05, 3.63) is 58.6 Å². The molecule has 1 N–H and O–H groups in total. The quantitative estimate of drug-likeness (QED) is 0.709. The summed E-state index contributed by atoms with van der Waals surface area (Å²) in [7, 11) is 1.40. The molecule has 1 aromatic heterocycles. The fourth-order valence-electron chi connectivity index (χ4n) is 2.30. The second-order valence-corrected chi connectivity index (χ2v) is 5.34. The molecule has 3 rings (SSSR count). The maximum atomic E-state index is 12.1. The third kappa shape index (κ3) is 2.12. The van der Waals surface area contributed by atoms with Gasteiger partial charge in [0.25, 0.3) is 0 Å². The van der Waals surface area contributed by atoms with E-state index in [0.717, 1.165) is 26.6 Å². The van der Waals surface area contributed by atoms with Gasteiger partial charge in [-0.05, 0) is 23.8 Å². The second-order valence-electron chi connectivity index (χ2n) is 4.42. The van der Waals surface area contributed by atoms with Crippen LogP contribution in [0.2, 0.25) is 0 Å². The van der Waals surface area contributed by atoms with Crippen molar-refractivity contribution in [3.8, 4) is 11.3 Å². The fraction of sp³-hybridized carbons (Fsp3) is 0.0625. The lowest BCUT2D eigenvalue weighted by atomic mass is 10.1. The number of methoxy groups -OCH3 is 1. The molecule has 0 unspecified atom stereocenters. The highest BCUT2D eigenvalue weighted by molar-refractivity contribution is 9.10. The van der Waals surface area contributed by atoms with Crippen molar-refractivity contribution in [1.82, 2.24) is 4.98 Å². The molecule has 0 aliphatic rings. The van der Waals surface area contributed by atoms with E-state index in [2.05, 4.69) is 20.9 Å². The van der Waals surface area contributed by atoms with Crippen LogP contribution in [0.3, 0.4) is 0 Å². The van der Waals surface area contributed by atoms with Gasteiger partial charge in [-0.1, -0.05) is 46.3 Å². The average Bonchev–Trinajstić information content (AvgIpc) is 2.86. The van der Waals surface area contributed by atoms with Crippen LogP contribution in [0.25, 0.3) is 22.2 Å². The van der Waals surface area contributed by atoms with Crippen LogP contribution in [0.4, 0.5) is 0 Å². The number of carbonyl (C=O) groups is 1. The number of fused-ring (bicyclic) bond motifs is 1. The van der Waals surface area contributed by atoms with Gasteiger partial charge >= 0.3 is 5.97 Å². The van der Waals surface area contributed by atoms with Crippen molar-refractivity contribution >= 4 is 32.8 Å². The van der Waals surface area contributed by atoms with E-state index in [0.29, 0.717) is 5.56 Å². The van der Waals surface area contributed by atoms with E-state index >= 15 is 0 Å². The highest BCUT2D eigenvalue weighted by Crippen LogP contribution is 2.32. The Morgan fingerprint density at radius 3 is 2.60 bits per heavy atom. The van der Waals surface area contributed by atoms with Crippen LogP contribution in [-0.2, 0) is 4.74 Å². The van der Waals surface area contributed by atoms with Crippen LogP contribution in [0.5, 0.6) is 0 Å². The van der Waals surface area contributed by atoms with Crippen LogP contribution >= 0.6 is 15.9 Å². The molecule has 0 aliphatic heterocycles. The molecule has 3 aromatic rings. The lowest BCUT2D eigenvalue weighted by molar-refractivity contribution is 0.0604. The summed E-state index contributed by atoms with van der Waals surface area (Å²) in [6.45, 7) is 0. The number of benzene rings is 2. The third-order valence-electron chi connectivity index (χ3n) is 3.21. The van der Waals surface area contributed by atoms with E-state index in [-0.39, 0.29) is 5.97 Å². The summed E-state index contributed by atoms with van der Waals surface area (Å²) in [6.07, 6.45) is 0. The molecule has 0 radical (unpaired) electrons. The van der Waals surface area contributed by atoms with Crippen LogP contribution in [0.1, 0.15) is 10.4 Å². The van der Waals surface area contributed by atoms with Crippen LogP contribution in [0, 0.1) is 0 Å². The van der Waals surface area contributed by atoms with Crippen LogP contribution in [0.15, 0.2) is 53.0 Å². The Balaban J connectivity index is 2.34. The number of nitrogens with one attached hydrogen (secondary N) is 1. The number of esters is 1. The van der Waals surface area contributed by atoms with Gasteiger partial charge in [-0.3, -0.25) is 0 Å². The van der Waals surface area contributed by atoms with E-state index in [1.807, 2.05) is 48.5 Å². The zero-order chi connectivity index (χ0) is 14.1. The highest BCUT2D eigenvalue weighted by Gasteiger charge is 2.20. The molecule has 0 spiro atoms. The Labute approximate surface area is 124 Å². The minimum absolute atomic E-state index is 0.340. The van der Waals surface area contributed by atoms with E-state index in [1.54, 1.807) is 0 Å². The summed E-state index contributed by atoms with van der Waals surface area (Å²) in [5.74, 6) is -0.340. The fourth-order valence-corrected chi connectivity index (χ4v) is 2.66. The predicted molar refractivity (Wildman–Crippen MR) is 82.8 cm³/mol. The molecule has 20 heavy (non-hydrogen) atoms. The maximum Gasteiger partial charge on any atom is 0.340 e. The van der Waals surface area contributed by atoms with Gasteiger partial charge in [0, 0.05) is 15.4 Å². The van der Waals surface area contributed by atoms with Gasteiger partial charge in [0.2, 0.25) is 0 Å². The number of ether oxygens (including phenoxy) is 1. The van der Waals surface area contributed by atoms with Gasteiger partial charge < -0.3 is 9.72 Å². The Kier molecular flexibility index (Phi) is 3.32. The Morgan fingerprint density at radius 2 is 1.90 bits per heavy atom. The Morgan fingerprint density at radius 1 is 1.15 bits per heavy atom. The summed E-state index contributed by atoms with van der Waals surface area (Å²) in [5.41, 5.74) is 3.22. The molecule has 0 bridgehead atoms. The smallest absolute Gasteiger partial charge is 0.340 e. The zero-order valence-corrected chi connectivity index (χ0v) is 12.4. The van der Waals surface area contributed by atoms with Gasteiger partial charge in [0.1, 0.15) is 0 Å². The molecule has 0 saturated heterocycles. The Hall–Kier alpha value is -2.07. The van der Waals surface area contributed by atoms with E-state index in [1.165, 1.54) is 7.11 Å². The van der Waals surface area contributed by atoms with Gasteiger partial charge in [-0.2, -0.15) is 0 Å². The molecular weight excluding hydrogens is 318 g/mol. The molecule has 2 aromatic carbocycles. The molecule has 0 aliphatic carbocycles. The zero-order valence-electron chi connectivity index (χ0n) is 10.8. The topological polar surface area (TPSA) is 42.1 Å². The lowest BCUT2D eigenvalue weighted by Gasteiger charge is -2.03. The van der Waals surface area contributed by atoms with E-state index in [4.69, 9.17) is 4.74 Å². The van der Waals surface area contributed by atoms with Gasteiger partial charge in [0.05, 0.1) is 18.4 Å². The number of aromatic amines is 1. The van der Waals surface area contributed by atoms with Crippen molar-refractivity contribution in [3.63, 3.8) is 0 Å². The first-order valence-electron chi connectivity index (χ1n) is 6.15. The van der Waals surface area contributed by atoms with Crippen molar-refractivity contribution in [2.45, 2.75) is 0 Å². The first-order valence-corrected chi connectivity index (χ1v) is 6.95. The first-order chi connectivity index (χ1) is 9.70. The van der Waals surface area contributed by atoms with E-state index < -0.39 is 0 Å². The minimum Gasteiger partial charge on any atom is -0.465 e. The monoisotopic (exact) mass is 329 g/mol. The predicted octanol–water partition coefficient (Wildman–Crippen LogP) is 4.38. The van der Waals surface area contributed by atoms with Crippen LogP contribution < -0.4 is 0 Å². The summed E-state index contributed by atoms with van der Waals surface area (Å²) < 4.78 is 5.86. The number of halogens is 1. The molecule has 100 valence electrons. The van der Waals surface area contributed by atoms with Crippen molar-refractivity contribution < 1.29 is 9.53 Å². The summed E-state index contributed by atoms with van der Waals surface area (Å²) in [6, 6.07) is 15.6. The highest BCUT2D eigenvalue weighted by atomic mass is 79.9. The molecule has 4 heteroatoms. The molecule has 0 amide bonds. The first kappa shape index (κ1) is 12.9. The minimum atomic E-state index is -0.340. The molecule has 0 atom stereocenters. The number of hydrogen-bond donors (Lipinski definition) is 1. The van der Waals surface area contributed by atoms with E-state index in [9.17, 15) is 4.79 Å². The lowest BCUT2D eigenvalue weighted by Crippen LogP contribution is -2.02. The molecule has 0 saturated carbocycles. The normalized spacial score (nSPS) is 10.7. The molecule has 1 heterocycles. The molecular formula is C16H12BrNO2. The second kappa shape index (κ2) is 5.13. The van der Waals surface area contributed by atoms with Crippen molar-refractivity contribution in [2.75, 3.05) is 7.11 Å². The summed E-state index contributed by atoms with van der Waals surface area (Å²) >= 11 is 3.44. The van der Waals surface area contributed by atoms with Crippen molar-refractivity contribution in [2.24, 2.45) is 0 Å².